The molecule has 2 aromatic rings. The lowest BCUT2D eigenvalue weighted by molar-refractivity contribution is 0.254. The fraction of sp³-hybridized carbons (Fsp3) is 0.500. The van der Waals surface area contributed by atoms with E-state index in [1.165, 1.54) is 19.3 Å². The summed E-state index contributed by atoms with van der Waals surface area (Å²) >= 11 is 0. The SMILES string of the molecule is CN1C2CCC1CN(c1nc(N)nc3ccccc13)CC2. The van der Waals surface area contributed by atoms with E-state index in [-0.39, 0.29) is 0 Å². The number of anilines is 2. The summed E-state index contributed by atoms with van der Waals surface area (Å²) in [6.07, 6.45) is 3.82. The predicted molar refractivity (Wildman–Crippen MR) is 85.4 cm³/mol. The first-order chi connectivity index (χ1) is 10.2. The van der Waals surface area contributed by atoms with Gasteiger partial charge in [-0.25, -0.2) is 4.98 Å². The van der Waals surface area contributed by atoms with E-state index in [1.807, 2.05) is 18.2 Å². The van der Waals surface area contributed by atoms with Crippen LogP contribution < -0.4 is 10.6 Å². The third-order valence-electron chi connectivity index (χ3n) is 5.05. The number of likely N-dealkylation sites (N-methyl/N-ethyl adjacent to an activating group) is 1. The number of rotatable bonds is 1. The molecule has 2 aliphatic heterocycles. The Labute approximate surface area is 124 Å². The van der Waals surface area contributed by atoms with E-state index in [9.17, 15) is 0 Å². The van der Waals surface area contributed by atoms with Crippen molar-refractivity contribution in [2.75, 3.05) is 30.8 Å². The van der Waals surface area contributed by atoms with Crippen molar-refractivity contribution >= 4 is 22.7 Å². The Kier molecular flexibility index (Phi) is 2.96. The van der Waals surface area contributed by atoms with Gasteiger partial charge in [-0.1, -0.05) is 12.1 Å². The predicted octanol–water partition coefficient (Wildman–Crippen LogP) is 1.88. The number of hydrogen-bond acceptors (Lipinski definition) is 5. The highest BCUT2D eigenvalue weighted by Crippen LogP contribution is 2.32. The fourth-order valence-corrected chi connectivity index (χ4v) is 3.82. The van der Waals surface area contributed by atoms with Crippen LogP contribution in [0.2, 0.25) is 0 Å². The third-order valence-corrected chi connectivity index (χ3v) is 5.05. The topological polar surface area (TPSA) is 58.3 Å². The summed E-state index contributed by atoms with van der Waals surface area (Å²) in [7, 11) is 2.26. The number of fused-ring (bicyclic) bond motifs is 3. The van der Waals surface area contributed by atoms with Gasteiger partial charge in [-0.15, -0.1) is 0 Å². The van der Waals surface area contributed by atoms with Crippen LogP contribution >= 0.6 is 0 Å². The highest BCUT2D eigenvalue weighted by atomic mass is 15.3. The van der Waals surface area contributed by atoms with Crippen molar-refractivity contribution in [1.29, 1.82) is 0 Å². The Morgan fingerprint density at radius 2 is 1.90 bits per heavy atom. The van der Waals surface area contributed by atoms with Gasteiger partial charge in [-0.3, -0.25) is 4.90 Å². The minimum atomic E-state index is 0.367. The molecule has 2 saturated heterocycles. The minimum Gasteiger partial charge on any atom is -0.368 e. The average molecular weight is 283 g/mol. The zero-order valence-corrected chi connectivity index (χ0v) is 12.4. The van der Waals surface area contributed by atoms with Crippen molar-refractivity contribution in [3.05, 3.63) is 24.3 Å². The van der Waals surface area contributed by atoms with Gasteiger partial charge in [-0.2, -0.15) is 4.98 Å². The number of nitrogens with two attached hydrogens (primary N) is 1. The maximum atomic E-state index is 5.91. The first-order valence-corrected chi connectivity index (χ1v) is 7.71. The highest BCUT2D eigenvalue weighted by Gasteiger charge is 2.35. The number of nitrogen functional groups attached to an aromatic ring is 1. The largest absolute Gasteiger partial charge is 0.368 e. The van der Waals surface area contributed by atoms with E-state index in [0.29, 0.717) is 12.0 Å². The molecule has 21 heavy (non-hydrogen) atoms. The number of hydrogen-bond donors (Lipinski definition) is 1. The van der Waals surface area contributed by atoms with Gasteiger partial charge in [0.25, 0.3) is 0 Å². The Balaban J connectivity index is 1.76. The van der Waals surface area contributed by atoms with Crippen molar-refractivity contribution in [2.24, 2.45) is 0 Å². The average Bonchev–Trinajstić information content (AvgIpc) is 2.71. The molecule has 2 unspecified atom stereocenters. The van der Waals surface area contributed by atoms with Crippen LogP contribution in [0.15, 0.2) is 24.3 Å². The molecule has 3 heterocycles. The van der Waals surface area contributed by atoms with Crippen LogP contribution in [0.1, 0.15) is 19.3 Å². The van der Waals surface area contributed by atoms with Crippen LogP contribution in [-0.4, -0.2) is 47.1 Å². The van der Waals surface area contributed by atoms with Gasteiger partial charge in [0.05, 0.1) is 5.52 Å². The van der Waals surface area contributed by atoms with Gasteiger partial charge in [0.15, 0.2) is 0 Å². The number of para-hydroxylation sites is 1. The van der Waals surface area contributed by atoms with Gasteiger partial charge in [-0.05, 0) is 38.4 Å². The monoisotopic (exact) mass is 283 g/mol. The van der Waals surface area contributed by atoms with Crippen molar-refractivity contribution in [3.8, 4) is 0 Å². The van der Waals surface area contributed by atoms with Gasteiger partial charge in [0.2, 0.25) is 5.95 Å². The summed E-state index contributed by atoms with van der Waals surface area (Å²) in [6, 6.07) is 9.50. The molecule has 0 aliphatic carbocycles. The van der Waals surface area contributed by atoms with Crippen LogP contribution in [0, 0.1) is 0 Å². The summed E-state index contributed by atoms with van der Waals surface area (Å²) in [4.78, 5) is 13.8. The van der Waals surface area contributed by atoms with Crippen molar-refractivity contribution in [3.63, 3.8) is 0 Å². The van der Waals surface area contributed by atoms with E-state index in [0.717, 1.165) is 35.9 Å². The zero-order chi connectivity index (χ0) is 14.4. The molecule has 2 fully saturated rings. The molecule has 1 aromatic carbocycles. The standard InChI is InChI=1S/C16H21N5/c1-20-11-6-7-12(20)10-21(9-8-11)15-13-4-2-3-5-14(13)18-16(17)19-15/h2-5,11-12H,6-10H2,1H3,(H2,17,18,19). The fourth-order valence-electron chi connectivity index (χ4n) is 3.82. The van der Waals surface area contributed by atoms with Crippen LogP contribution in [0.3, 0.4) is 0 Å². The van der Waals surface area contributed by atoms with Crippen LogP contribution in [0.25, 0.3) is 10.9 Å². The number of benzene rings is 1. The number of nitrogens with zero attached hydrogens (tertiary/aromatic N) is 4. The Morgan fingerprint density at radius 1 is 1.10 bits per heavy atom. The normalized spacial score (nSPS) is 26.2. The second kappa shape index (κ2) is 4.84. The molecule has 0 saturated carbocycles. The quantitative estimate of drug-likeness (QED) is 0.866. The van der Waals surface area contributed by atoms with Crippen molar-refractivity contribution in [2.45, 2.75) is 31.3 Å². The molecule has 2 atom stereocenters. The first kappa shape index (κ1) is 12.8. The first-order valence-electron chi connectivity index (χ1n) is 7.71. The summed E-state index contributed by atoms with van der Waals surface area (Å²) in [5.41, 5.74) is 6.85. The molecule has 0 spiro atoms. The molecular weight excluding hydrogens is 262 g/mol. The molecule has 2 aliphatic rings. The van der Waals surface area contributed by atoms with E-state index >= 15 is 0 Å². The van der Waals surface area contributed by atoms with Crippen molar-refractivity contribution < 1.29 is 0 Å². The lowest BCUT2D eigenvalue weighted by Crippen LogP contribution is -2.37. The maximum absolute atomic E-state index is 5.91. The van der Waals surface area contributed by atoms with E-state index in [4.69, 9.17) is 5.73 Å². The summed E-state index contributed by atoms with van der Waals surface area (Å²) in [5, 5.41) is 1.10. The Hall–Kier alpha value is -1.88. The summed E-state index contributed by atoms with van der Waals surface area (Å²) < 4.78 is 0. The molecule has 0 radical (unpaired) electrons. The van der Waals surface area contributed by atoms with E-state index in [2.05, 4.69) is 32.9 Å². The van der Waals surface area contributed by atoms with E-state index < -0.39 is 0 Å². The van der Waals surface area contributed by atoms with Gasteiger partial charge in [0, 0.05) is 30.6 Å². The number of aromatic nitrogens is 2. The smallest absolute Gasteiger partial charge is 0.222 e. The molecule has 0 amide bonds. The molecule has 2 N–H and O–H groups in total. The third kappa shape index (κ3) is 2.12. The molecular formula is C16H21N5. The Bertz CT molecular complexity index is 671. The highest BCUT2D eigenvalue weighted by molar-refractivity contribution is 5.90. The summed E-state index contributed by atoms with van der Waals surface area (Å²) in [5.74, 6) is 1.37. The molecule has 4 rings (SSSR count). The second-order valence-electron chi connectivity index (χ2n) is 6.21. The van der Waals surface area contributed by atoms with Crippen molar-refractivity contribution in [1.82, 2.24) is 14.9 Å². The molecule has 5 heteroatoms. The maximum Gasteiger partial charge on any atom is 0.222 e. The zero-order valence-electron chi connectivity index (χ0n) is 12.4. The van der Waals surface area contributed by atoms with Gasteiger partial charge < -0.3 is 10.6 Å². The second-order valence-corrected chi connectivity index (χ2v) is 6.21. The van der Waals surface area contributed by atoms with Crippen LogP contribution in [-0.2, 0) is 0 Å². The molecule has 1 aromatic heterocycles. The van der Waals surface area contributed by atoms with Gasteiger partial charge >= 0.3 is 0 Å². The lowest BCUT2D eigenvalue weighted by Gasteiger charge is -2.27. The molecule has 5 nitrogen and oxygen atoms in total. The van der Waals surface area contributed by atoms with E-state index in [1.54, 1.807) is 0 Å². The van der Waals surface area contributed by atoms with Crippen LogP contribution in [0.5, 0.6) is 0 Å². The molecule has 110 valence electrons. The molecule has 2 bridgehead atoms. The van der Waals surface area contributed by atoms with Gasteiger partial charge in [0.1, 0.15) is 5.82 Å². The van der Waals surface area contributed by atoms with Crippen LogP contribution in [0.4, 0.5) is 11.8 Å². The summed E-state index contributed by atoms with van der Waals surface area (Å²) in [6.45, 7) is 2.08. The minimum absolute atomic E-state index is 0.367. The lowest BCUT2D eigenvalue weighted by atomic mass is 10.1. The Morgan fingerprint density at radius 3 is 2.81 bits per heavy atom.